The van der Waals surface area contributed by atoms with Crippen LogP contribution in [0.4, 0.5) is 0 Å². The lowest BCUT2D eigenvalue weighted by Gasteiger charge is -2.22. The molecule has 1 unspecified atom stereocenters. The molecule has 1 atom stereocenters. The Morgan fingerprint density at radius 1 is 1.50 bits per heavy atom. The first-order valence-corrected chi connectivity index (χ1v) is 7.27. The molecule has 1 rings (SSSR count). The van der Waals surface area contributed by atoms with Crippen LogP contribution in [0.3, 0.4) is 0 Å². The maximum atomic E-state index is 10.7. The van der Waals surface area contributed by atoms with Gasteiger partial charge in [-0.3, -0.25) is 4.57 Å². The Hall–Kier alpha value is 0.730. The van der Waals surface area contributed by atoms with E-state index in [2.05, 4.69) is 0 Å². The lowest BCUT2D eigenvalue weighted by atomic mass is 10.1. The van der Waals surface area contributed by atoms with Gasteiger partial charge < -0.3 is 9.26 Å². The molecule has 72 valence electrons. The van der Waals surface area contributed by atoms with Crippen LogP contribution in [-0.4, -0.2) is 19.3 Å². The van der Waals surface area contributed by atoms with Crippen LogP contribution in [0.25, 0.3) is 0 Å². The summed E-state index contributed by atoms with van der Waals surface area (Å²) in [6, 6.07) is 0. The first-order chi connectivity index (χ1) is 5.58. The molecule has 0 radical (unpaired) electrons. The van der Waals surface area contributed by atoms with Gasteiger partial charge in [-0.25, -0.2) is 0 Å². The summed E-state index contributed by atoms with van der Waals surface area (Å²) in [6.07, 6.45) is -0.246. The van der Waals surface area contributed by atoms with Crippen molar-refractivity contribution >= 4 is 28.6 Å². The molecule has 6 heteroatoms. The monoisotopic (exact) mass is 232 g/mol. The third-order valence-electron chi connectivity index (χ3n) is 1.68. The molecule has 1 heterocycles. The zero-order chi connectivity index (χ0) is 9.03. The summed E-state index contributed by atoms with van der Waals surface area (Å²) in [5.74, 6) is 0. The van der Waals surface area contributed by atoms with Crippen LogP contribution in [0.15, 0.2) is 0 Å². The molecule has 1 fully saturated rings. The molecule has 0 aromatic carbocycles. The van der Waals surface area contributed by atoms with E-state index in [4.69, 9.17) is 31.7 Å². The molecule has 1 saturated heterocycles. The van der Waals surface area contributed by atoms with E-state index in [0.29, 0.717) is 0 Å². The molecule has 0 aliphatic carbocycles. The molecule has 0 bridgehead atoms. The summed E-state index contributed by atoms with van der Waals surface area (Å²) < 4.78 is 20.8. The van der Waals surface area contributed by atoms with Crippen molar-refractivity contribution in [3.63, 3.8) is 0 Å². The SMILES string of the molecule is O=P(Cl)(Cl)OCC1CCCCO1. The maximum Gasteiger partial charge on any atom is 0.380 e. The van der Waals surface area contributed by atoms with Crippen LogP contribution in [0.2, 0.25) is 0 Å². The molecule has 0 amide bonds. The first-order valence-electron chi connectivity index (χ1n) is 3.83. The van der Waals surface area contributed by atoms with Gasteiger partial charge in [0.15, 0.2) is 0 Å². The molecule has 3 nitrogen and oxygen atoms in total. The summed E-state index contributed by atoms with van der Waals surface area (Å²) >= 11 is 10.4. The fourth-order valence-corrected chi connectivity index (χ4v) is 1.79. The lowest BCUT2D eigenvalue weighted by Crippen LogP contribution is -2.23. The topological polar surface area (TPSA) is 35.5 Å². The summed E-state index contributed by atoms with van der Waals surface area (Å²) in [7, 11) is 0. The highest BCUT2D eigenvalue weighted by Crippen LogP contribution is 2.57. The molecule has 0 N–H and O–H groups in total. The third-order valence-corrected chi connectivity index (χ3v) is 2.72. The Kier molecular flexibility index (Phi) is 4.35. The minimum atomic E-state index is -3.37. The summed E-state index contributed by atoms with van der Waals surface area (Å²) in [6.45, 7) is 0.965. The third kappa shape index (κ3) is 4.68. The van der Waals surface area contributed by atoms with Gasteiger partial charge in [0, 0.05) is 6.61 Å². The highest BCUT2D eigenvalue weighted by Gasteiger charge is 2.20. The van der Waals surface area contributed by atoms with E-state index in [1.807, 2.05) is 0 Å². The van der Waals surface area contributed by atoms with Crippen molar-refractivity contribution in [3.8, 4) is 0 Å². The van der Waals surface area contributed by atoms with Gasteiger partial charge in [0.1, 0.15) is 0 Å². The van der Waals surface area contributed by atoms with Crippen molar-refractivity contribution in [1.29, 1.82) is 0 Å². The smallest absolute Gasteiger partial charge is 0.376 e. The Morgan fingerprint density at radius 3 is 2.75 bits per heavy atom. The van der Waals surface area contributed by atoms with Gasteiger partial charge in [0.05, 0.1) is 12.7 Å². The van der Waals surface area contributed by atoms with Crippen molar-refractivity contribution in [1.82, 2.24) is 0 Å². The minimum absolute atomic E-state index is 0.00424. The normalized spacial score (nSPS) is 25.7. The van der Waals surface area contributed by atoms with Crippen LogP contribution >= 0.6 is 28.6 Å². The second-order valence-electron chi connectivity index (χ2n) is 2.70. The number of hydrogen-bond acceptors (Lipinski definition) is 3. The van der Waals surface area contributed by atoms with Crippen LogP contribution in [0.1, 0.15) is 19.3 Å². The van der Waals surface area contributed by atoms with Crippen molar-refractivity contribution in [2.75, 3.05) is 13.2 Å². The predicted octanol–water partition coefficient (Wildman–Crippen LogP) is 3.16. The maximum absolute atomic E-state index is 10.7. The highest BCUT2D eigenvalue weighted by molar-refractivity contribution is 8.05. The van der Waals surface area contributed by atoms with E-state index in [0.717, 1.165) is 25.9 Å². The molecule has 1 aliphatic rings. The van der Waals surface area contributed by atoms with Gasteiger partial charge in [-0.1, -0.05) is 0 Å². The van der Waals surface area contributed by atoms with E-state index in [1.54, 1.807) is 0 Å². The Morgan fingerprint density at radius 2 is 2.25 bits per heavy atom. The summed E-state index contributed by atoms with van der Waals surface area (Å²) in [5.41, 5.74) is 0. The van der Waals surface area contributed by atoms with Crippen LogP contribution in [0, 0.1) is 0 Å². The Labute approximate surface area is 81.4 Å². The van der Waals surface area contributed by atoms with E-state index in [1.165, 1.54) is 0 Å². The lowest BCUT2D eigenvalue weighted by molar-refractivity contribution is -0.00924. The van der Waals surface area contributed by atoms with E-state index in [9.17, 15) is 4.57 Å². The fourth-order valence-electron chi connectivity index (χ4n) is 1.11. The quantitative estimate of drug-likeness (QED) is 0.702. The van der Waals surface area contributed by atoms with Crippen molar-refractivity contribution in [3.05, 3.63) is 0 Å². The van der Waals surface area contributed by atoms with Gasteiger partial charge in [0.2, 0.25) is 0 Å². The van der Waals surface area contributed by atoms with Crippen LogP contribution in [-0.2, 0) is 13.8 Å². The average Bonchev–Trinajstić information content (AvgIpc) is 2.02. The Bertz CT molecular complexity index is 176. The highest BCUT2D eigenvalue weighted by atomic mass is 35.9. The van der Waals surface area contributed by atoms with Gasteiger partial charge in [-0.05, 0) is 41.7 Å². The minimum Gasteiger partial charge on any atom is -0.376 e. The molecular formula is C6H11Cl2O3P. The van der Waals surface area contributed by atoms with E-state index >= 15 is 0 Å². The average molecular weight is 233 g/mol. The molecule has 0 spiro atoms. The molecule has 12 heavy (non-hydrogen) atoms. The zero-order valence-corrected chi connectivity index (χ0v) is 8.95. The number of ether oxygens (including phenoxy) is 1. The fraction of sp³-hybridized carbons (Fsp3) is 1.00. The standard InChI is InChI=1S/C6H11Cl2O3P/c7-12(8,9)11-5-6-3-1-2-4-10-6/h6H,1-5H2. The van der Waals surface area contributed by atoms with Crippen molar-refractivity contribution < 1.29 is 13.8 Å². The van der Waals surface area contributed by atoms with Gasteiger partial charge in [-0.2, -0.15) is 0 Å². The summed E-state index contributed by atoms with van der Waals surface area (Å²) in [5, 5.41) is 0. The molecule has 0 aromatic heterocycles. The molecular weight excluding hydrogens is 222 g/mol. The molecule has 1 aliphatic heterocycles. The number of rotatable bonds is 3. The second-order valence-corrected chi connectivity index (χ2v) is 6.98. The second kappa shape index (κ2) is 4.83. The van der Waals surface area contributed by atoms with Crippen molar-refractivity contribution in [2.24, 2.45) is 0 Å². The van der Waals surface area contributed by atoms with E-state index in [-0.39, 0.29) is 12.7 Å². The Balaban J connectivity index is 2.17. The predicted molar refractivity (Wildman–Crippen MR) is 48.9 cm³/mol. The van der Waals surface area contributed by atoms with Gasteiger partial charge >= 0.3 is 6.07 Å². The first kappa shape index (κ1) is 10.8. The van der Waals surface area contributed by atoms with E-state index < -0.39 is 6.07 Å². The molecule has 0 saturated carbocycles. The van der Waals surface area contributed by atoms with Crippen LogP contribution in [0.5, 0.6) is 0 Å². The van der Waals surface area contributed by atoms with Crippen molar-refractivity contribution in [2.45, 2.75) is 25.4 Å². The summed E-state index contributed by atoms with van der Waals surface area (Å²) in [4.78, 5) is 0. The number of hydrogen-bond donors (Lipinski definition) is 0. The van der Waals surface area contributed by atoms with Gasteiger partial charge in [-0.15, -0.1) is 0 Å². The number of halogens is 2. The van der Waals surface area contributed by atoms with Gasteiger partial charge in [0.25, 0.3) is 0 Å². The molecule has 0 aromatic rings. The zero-order valence-electron chi connectivity index (χ0n) is 6.54. The largest absolute Gasteiger partial charge is 0.380 e. The van der Waals surface area contributed by atoms with Crippen LogP contribution < -0.4 is 0 Å².